The second-order valence-electron chi connectivity index (χ2n) is 4.76. The summed E-state index contributed by atoms with van der Waals surface area (Å²) in [6, 6.07) is 1.91. The molecule has 3 heteroatoms. The van der Waals surface area contributed by atoms with Crippen LogP contribution in [0.25, 0.3) is 0 Å². The molecule has 1 N–H and O–H groups in total. The van der Waals surface area contributed by atoms with Crippen molar-refractivity contribution in [3.05, 3.63) is 24.2 Å². The van der Waals surface area contributed by atoms with Crippen LogP contribution in [-0.4, -0.2) is 15.6 Å². The molecule has 0 radical (unpaired) electrons. The van der Waals surface area contributed by atoms with Crippen LogP contribution in [0.1, 0.15) is 37.7 Å². The molecule has 0 aromatic carbocycles. The first-order chi connectivity index (χ1) is 7.26. The van der Waals surface area contributed by atoms with Gasteiger partial charge in [0, 0.05) is 16.1 Å². The molecule has 0 saturated carbocycles. The summed E-state index contributed by atoms with van der Waals surface area (Å²) in [5.41, 5.74) is 0.355. The summed E-state index contributed by atoms with van der Waals surface area (Å²) in [5, 5.41) is 12.0. The molecule has 0 amide bonds. The Kier molecular flexibility index (Phi) is 2.33. The molecule has 2 bridgehead atoms. The van der Waals surface area contributed by atoms with Gasteiger partial charge in [0.1, 0.15) is 0 Å². The highest BCUT2D eigenvalue weighted by Crippen LogP contribution is 2.49. The number of hydrogen-bond acceptors (Lipinski definition) is 3. The Morgan fingerprint density at radius 1 is 1.33 bits per heavy atom. The molecule has 2 atom stereocenters. The van der Waals surface area contributed by atoms with E-state index in [4.69, 9.17) is 4.42 Å². The lowest BCUT2D eigenvalue weighted by Gasteiger charge is -2.43. The lowest BCUT2D eigenvalue weighted by molar-refractivity contribution is 0.00763. The molecule has 2 fully saturated rings. The first-order valence-corrected chi connectivity index (χ1v) is 6.61. The van der Waals surface area contributed by atoms with Gasteiger partial charge in [-0.05, 0) is 31.7 Å². The molecule has 1 aromatic heterocycles. The average Bonchev–Trinajstić information content (AvgIpc) is 2.69. The molecule has 1 aromatic rings. The molecule has 0 aliphatic carbocycles. The van der Waals surface area contributed by atoms with Gasteiger partial charge in [0.25, 0.3) is 0 Å². The second kappa shape index (κ2) is 3.56. The van der Waals surface area contributed by atoms with Gasteiger partial charge in [0.05, 0.1) is 18.1 Å². The van der Waals surface area contributed by atoms with Crippen LogP contribution in [0.3, 0.4) is 0 Å². The van der Waals surface area contributed by atoms with Gasteiger partial charge in [-0.25, -0.2) is 0 Å². The van der Waals surface area contributed by atoms with E-state index in [0.717, 1.165) is 18.4 Å². The molecule has 0 spiro atoms. The van der Waals surface area contributed by atoms with Crippen LogP contribution in [0, 0.1) is 0 Å². The van der Waals surface area contributed by atoms with Crippen LogP contribution in [0.2, 0.25) is 0 Å². The Morgan fingerprint density at radius 2 is 2.07 bits per heavy atom. The van der Waals surface area contributed by atoms with Gasteiger partial charge in [-0.3, -0.25) is 0 Å². The van der Waals surface area contributed by atoms with E-state index >= 15 is 0 Å². The van der Waals surface area contributed by atoms with Crippen molar-refractivity contribution in [2.75, 3.05) is 0 Å². The van der Waals surface area contributed by atoms with E-state index in [0.29, 0.717) is 10.5 Å². The Labute approximate surface area is 94.1 Å². The summed E-state index contributed by atoms with van der Waals surface area (Å²) in [7, 11) is 0. The molecular formula is C12H16O2S. The lowest BCUT2D eigenvalue weighted by Crippen LogP contribution is -2.40. The quantitative estimate of drug-likeness (QED) is 0.796. The maximum atomic E-state index is 10.7. The summed E-state index contributed by atoms with van der Waals surface area (Å²) >= 11 is 2.08. The highest BCUT2D eigenvalue weighted by Gasteiger charge is 2.42. The van der Waals surface area contributed by atoms with Crippen molar-refractivity contribution in [3.63, 3.8) is 0 Å². The van der Waals surface area contributed by atoms with Gasteiger partial charge >= 0.3 is 0 Å². The summed E-state index contributed by atoms with van der Waals surface area (Å²) < 4.78 is 5.09. The molecule has 2 unspecified atom stereocenters. The van der Waals surface area contributed by atoms with Crippen molar-refractivity contribution in [1.29, 1.82) is 0 Å². The van der Waals surface area contributed by atoms with E-state index in [-0.39, 0.29) is 0 Å². The van der Waals surface area contributed by atoms with Gasteiger partial charge < -0.3 is 9.52 Å². The smallest absolute Gasteiger partial charge is 0.0963 e. The van der Waals surface area contributed by atoms with E-state index < -0.39 is 5.60 Å². The summed E-state index contributed by atoms with van der Waals surface area (Å²) in [6.45, 7) is 0. The molecule has 2 aliphatic rings. The lowest BCUT2D eigenvalue weighted by atomic mass is 9.82. The van der Waals surface area contributed by atoms with Crippen LogP contribution in [-0.2, 0) is 5.60 Å². The third kappa shape index (κ3) is 1.72. The van der Waals surface area contributed by atoms with Crippen molar-refractivity contribution in [2.24, 2.45) is 0 Å². The van der Waals surface area contributed by atoms with Crippen LogP contribution in [0.5, 0.6) is 0 Å². The molecule has 2 nitrogen and oxygen atoms in total. The van der Waals surface area contributed by atoms with Gasteiger partial charge in [-0.2, -0.15) is 11.8 Å². The molecule has 2 aliphatic heterocycles. The molecule has 3 heterocycles. The zero-order valence-corrected chi connectivity index (χ0v) is 9.50. The number of thioether (sulfide) groups is 1. The van der Waals surface area contributed by atoms with Crippen LogP contribution >= 0.6 is 11.8 Å². The van der Waals surface area contributed by atoms with Gasteiger partial charge in [0.2, 0.25) is 0 Å². The van der Waals surface area contributed by atoms with Crippen molar-refractivity contribution < 1.29 is 9.52 Å². The van der Waals surface area contributed by atoms with Crippen molar-refractivity contribution in [3.8, 4) is 0 Å². The normalized spacial score (nSPS) is 40.3. The minimum atomic E-state index is -0.617. The third-order valence-corrected chi connectivity index (χ3v) is 5.20. The van der Waals surface area contributed by atoms with Crippen molar-refractivity contribution in [2.45, 2.75) is 48.2 Å². The van der Waals surface area contributed by atoms with Gasteiger partial charge in [0.15, 0.2) is 0 Å². The third-order valence-electron chi connectivity index (χ3n) is 3.63. The molecular weight excluding hydrogens is 208 g/mol. The Balaban J connectivity index is 1.87. The van der Waals surface area contributed by atoms with E-state index in [1.165, 1.54) is 19.3 Å². The number of fused-ring (bicyclic) bond motifs is 2. The van der Waals surface area contributed by atoms with Crippen molar-refractivity contribution >= 4 is 11.8 Å². The fraction of sp³-hybridized carbons (Fsp3) is 0.667. The Bertz CT molecular complexity index is 321. The van der Waals surface area contributed by atoms with E-state index in [1.54, 1.807) is 12.5 Å². The largest absolute Gasteiger partial charge is 0.472 e. The highest BCUT2D eigenvalue weighted by atomic mass is 32.2. The first kappa shape index (κ1) is 9.79. The second-order valence-corrected chi connectivity index (χ2v) is 6.37. The monoisotopic (exact) mass is 224 g/mol. The van der Waals surface area contributed by atoms with Crippen LogP contribution in [0.4, 0.5) is 0 Å². The van der Waals surface area contributed by atoms with Crippen molar-refractivity contribution in [1.82, 2.24) is 0 Å². The standard InChI is InChI=1S/C12H16O2S/c13-12(9-4-5-14-8-9)6-10-2-1-3-11(7-12)15-10/h4-5,8,10-11,13H,1-3,6-7H2. The van der Waals surface area contributed by atoms with E-state index in [2.05, 4.69) is 11.8 Å². The number of furan rings is 1. The number of hydrogen-bond donors (Lipinski definition) is 1. The Morgan fingerprint density at radius 3 is 2.67 bits per heavy atom. The number of rotatable bonds is 1. The molecule has 82 valence electrons. The highest BCUT2D eigenvalue weighted by molar-refractivity contribution is 8.00. The van der Waals surface area contributed by atoms with Crippen LogP contribution in [0.15, 0.2) is 23.0 Å². The maximum absolute atomic E-state index is 10.7. The predicted octanol–water partition coefficient (Wildman–Crippen LogP) is 2.92. The van der Waals surface area contributed by atoms with Crippen LogP contribution < -0.4 is 0 Å². The molecule has 3 rings (SSSR count). The summed E-state index contributed by atoms with van der Waals surface area (Å²) in [6.07, 6.45) is 9.02. The SMILES string of the molecule is OC1(c2ccoc2)CC2CCCC(C1)S2. The maximum Gasteiger partial charge on any atom is 0.0963 e. The molecule has 15 heavy (non-hydrogen) atoms. The minimum absolute atomic E-state index is 0.617. The van der Waals surface area contributed by atoms with Gasteiger partial charge in [-0.1, -0.05) is 6.42 Å². The Hall–Kier alpha value is -0.410. The average molecular weight is 224 g/mol. The fourth-order valence-electron chi connectivity index (χ4n) is 2.88. The zero-order chi connectivity index (χ0) is 10.3. The zero-order valence-electron chi connectivity index (χ0n) is 8.69. The topological polar surface area (TPSA) is 33.4 Å². The summed E-state index contributed by atoms with van der Waals surface area (Å²) in [5.74, 6) is 0. The summed E-state index contributed by atoms with van der Waals surface area (Å²) in [4.78, 5) is 0. The molecule has 2 saturated heterocycles. The minimum Gasteiger partial charge on any atom is -0.472 e. The van der Waals surface area contributed by atoms with E-state index in [9.17, 15) is 5.11 Å². The fourth-order valence-corrected chi connectivity index (χ4v) is 4.78. The first-order valence-electron chi connectivity index (χ1n) is 5.67. The van der Waals surface area contributed by atoms with E-state index in [1.807, 2.05) is 6.07 Å². The van der Waals surface area contributed by atoms with Gasteiger partial charge in [-0.15, -0.1) is 0 Å². The predicted molar refractivity (Wildman–Crippen MR) is 60.9 cm³/mol. The number of aliphatic hydroxyl groups is 1.